The minimum absolute atomic E-state index is 0.271. The van der Waals surface area contributed by atoms with Gasteiger partial charge >= 0.3 is 0 Å². The third-order valence-electron chi connectivity index (χ3n) is 5.53. The van der Waals surface area contributed by atoms with Gasteiger partial charge < -0.3 is 10.6 Å². The predicted octanol–water partition coefficient (Wildman–Crippen LogP) is 1.02. The minimum atomic E-state index is 0.271. The summed E-state index contributed by atoms with van der Waals surface area (Å²) in [7, 11) is 0. The van der Waals surface area contributed by atoms with Gasteiger partial charge in [-0.05, 0) is 44.6 Å². The van der Waals surface area contributed by atoms with Crippen molar-refractivity contribution in [2.75, 3.05) is 26.2 Å². The Morgan fingerprint density at radius 1 is 1.22 bits per heavy atom. The first kappa shape index (κ1) is 11.1. The van der Waals surface area contributed by atoms with Crippen LogP contribution in [0.1, 0.15) is 38.5 Å². The number of nitrogens with zero attached hydrogens (tertiary/aromatic N) is 3. The number of guanidine groups is 1. The molecular weight excluding hydrogens is 224 g/mol. The molecule has 1 saturated carbocycles. The van der Waals surface area contributed by atoms with Gasteiger partial charge in [0.1, 0.15) is 0 Å². The largest absolute Gasteiger partial charge is 0.370 e. The summed E-state index contributed by atoms with van der Waals surface area (Å²) in [6.07, 6.45) is 8.19. The monoisotopic (exact) mass is 248 g/mol. The summed E-state index contributed by atoms with van der Waals surface area (Å²) in [6.45, 7) is 4.67. The van der Waals surface area contributed by atoms with E-state index in [1.54, 1.807) is 0 Å². The van der Waals surface area contributed by atoms with Gasteiger partial charge in [-0.25, -0.2) is 0 Å². The Kier molecular flexibility index (Phi) is 2.38. The molecule has 4 aliphatic rings. The van der Waals surface area contributed by atoms with Gasteiger partial charge in [0.15, 0.2) is 5.96 Å². The normalized spacial score (nSPS) is 40.3. The van der Waals surface area contributed by atoms with Crippen molar-refractivity contribution >= 4 is 5.96 Å². The van der Waals surface area contributed by atoms with Crippen molar-refractivity contribution in [3.63, 3.8) is 0 Å². The third-order valence-corrected chi connectivity index (χ3v) is 5.53. The minimum Gasteiger partial charge on any atom is -0.370 e. The molecule has 2 N–H and O–H groups in total. The second-order valence-electron chi connectivity index (χ2n) is 6.63. The van der Waals surface area contributed by atoms with Gasteiger partial charge in [0.05, 0.1) is 12.1 Å². The van der Waals surface area contributed by atoms with Crippen LogP contribution >= 0.6 is 0 Å². The lowest BCUT2D eigenvalue weighted by Crippen LogP contribution is -2.59. The lowest BCUT2D eigenvalue weighted by atomic mass is 9.84. The molecule has 1 aliphatic carbocycles. The summed E-state index contributed by atoms with van der Waals surface area (Å²) in [4.78, 5) is 9.82. The summed E-state index contributed by atoms with van der Waals surface area (Å²) in [5.74, 6) is 1.72. The van der Waals surface area contributed by atoms with E-state index in [4.69, 9.17) is 5.73 Å². The molecule has 2 saturated heterocycles. The first-order valence-corrected chi connectivity index (χ1v) is 7.61. The quantitative estimate of drug-likeness (QED) is 0.793. The molecule has 0 bridgehead atoms. The highest BCUT2D eigenvalue weighted by atomic mass is 15.4. The zero-order valence-electron chi connectivity index (χ0n) is 11.1. The van der Waals surface area contributed by atoms with Gasteiger partial charge in [0.25, 0.3) is 0 Å². The van der Waals surface area contributed by atoms with Crippen molar-refractivity contribution in [2.24, 2.45) is 16.6 Å². The fraction of sp³-hybridized carbons (Fsp3) is 0.929. The van der Waals surface area contributed by atoms with Crippen molar-refractivity contribution in [3.05, 3.63) is 0 Å². The van der Waals surface area contributed by atoms with Crippen LogP contribution in [0.3, 0.4) is 0 Å². The zero-order chi connectivity index (χ0) is 12.2. The molecule has 0 aromatic carbocycles. The standard InChI is InChI=1S/C14H24N4/c15-13-16-10-14(18(13)9-11-4-5-11)6-8-17-7-2-1-3-12(14)17/h11-12H,1-10H2,(H2,15,16). The molecule has 0 aromatic rings. The molecule has 2 atom stereocenters. The number of rotatable bonds is 2. The third kappa shape index (κ3) is 1.51. The molecule has 2 unspecified atom stereocenters. The fourth-order valence-corrected chi connectivity index (χ4v) is 4.32. The summed E-state index contributed by atoms with van der Waals surface area (Å²) in [6, 6.07) is 0.717. The predicted molar refractivity (Wildman–Crippen MR) is 72.5 cm³/mol. The highest BCUT2D eigenvalue weighted by Crippen LogP contribution is 2.43. The summed E-state index contributed by atoms with van der Waals surface area (Å²) >= 11 is 0. The molecule has 0 amide bonds. The molecule has 4 nitrogen and oxygen atoms in total. The Bertz CT molecular complexity index is 376. The van der Waals surface area contributed by atoms with Gasteiger partial charge in [0.2, 0.25) is 0 Å². The molecule has 0 radical (unpaired) electrons. The van der Waals surface area contributed by atoms with Crippen LogP contribution in [-0.2, 0) is 0 Å². The molecule has 3 aliphatic heterocycles. The van der Waals surface area contributed by atoms with Gasteiger partial charge in [-0.15, -0.1) is 0 Å². The van der Waals surface area contributed by atoms with Crippen molar-refractivity contribution in [2.45, 2.75) is 50.1 Å². The van der Waals surface area contributed by atoms with Crippen molar-refractivity contribution in [1.29, 1.82) is 0 Å². The van der Waals surface area contributed by atoms with Gasteiger partial charge in [-0.2, -0.15) is 0 Å². The number of aliphatic imine (C=N–C) groups is 1. The summed E-state index contributed by atoms with van der Waals surface area (Å²) < 4.78 is 0. The van der Waals surface area contributed by atoms with Crippen LogP contribution in [0.4, 0.5) is 0 Å². The Morgan fingerprint density at radius 2 is 2.11 bits per heavy atom. The summed E-state index contributed by atoms with van der Waals surface area (Å²) in [5.41, 5.74) is 6.46. The first-order valence-electron chi connectivity index (χ1n) is 7.61. The van der Waals surface area contributed by atoms with E-state index >= 15 is 0 Å². The average molecular weight is 248 g/mol. The first-order chi connectivity index (χ1) is 8.79. The Labute approximate surface area is 109 Å². The maximum Gasteiger partial charge on any atom is 0.191 e. The molecular formula is C14H24N4. The number of nitrogens with two attached hydrogens (primary N) is 1. The van der Waals surface area contributed by atoms with Crippen LogP contribution in [0, 0.1) is 5.92 Å². The average Bonchev–Trinajstić information content (AvgIpc) is 3.07. The van der Waals surface area contributed by atoms with E-state index in [9.17, 15) is 0 Å². The molecule has 18 heavy (non-hydrogen) atoms. The van der Waals surface area contributed by atoms with E-state index in [-0.39, 0.29) is 5.54 Å². The fourth-order valence-electron chi connectivity index (χ4n) is 4.32. The molecule has 4 rings (SSSR count). The van der Waals surface area contributed by atoms with Crippen molar-refractivity contribution in [1.82, 2.24) is 9.80 Å². The number of hydrogen-bond acceptors (Lipinski definition) is 4. The van der Waals surface area contributed by atoms with E-state index < -0.39 is 0 Å². The van der Waals surface area contributed by atoms with Crippen LogP contribution in [0.25, 0.3) is 0 Å². The highest BCUT2D eigenvalue weighted by Gasteiger charge is 2.55. The second-order valence-corrected chi connectivity index (χ2v) is 6.63. The Hall–Kier alpha value is -0.770. The van der Waals surface area contributed by atoms with Crippen LogP contribution in [-0.4, -0.2) is 53.5 Å². The topological polar surface area (TPSA) is 44.9 Å². The Morgan fingerprint density at radius 3 is 2.94 bits per heavy atom. The van der Waals surface area contributed by atoms with Crippen LogP contribution in [0.2, 0.25) is 0 Å². The number of hydrogen-bond donors (Lipinski definition) is 1. The maximum atomic E-state index is 6.19. The zero-order valence-corrected chi connectivity index (χ0v) is 11.1. The van der Waals surface area contributed by atoms with Gasteiger partial charge in [-0.1, -0.05) is 6.42 Å². The van der Waals surface area contributed by atoms with E-state index in [1.807, 2.05) is 0 Å². The maximum absolute atomic E-state index is 6.19. The van der Waals surface area contributed by atoms with Crippen molar-refractivity contribution < 1.29 is 0 Å². The lowest BCUT2D eigenvalue weighted by molar-refractivity contribution is 0.0927. The summed E-state index contributed by atoms with van der Waals surface area (Å²) in [5, 5.41) is 0. The van der Waals surface area contributed by atoms with E-state index in [0.717, 1.165) is 24.5 Å². The molecule has 1 spiro atoms. The van der Waals surface area contributed by atoms with E-state index in [2.05, 4.69) is 14.8 Å². The van der Waals surface area contributed by atoms with Crippen LogP contribution in [0.5, 0.6) is 0 Å². The lowest BCUT2D eigenvalue weighted by Gasteiger charge is -2.44. The van der Waals surface area contributed by atoms with Crippen LogP contribution in [0.15, 0.2) is 4.99 Å². The molecule has 0 aromatic heterocycles. The Balaban J connectivity index is 1.61. The number of fused-ring (bicyclic) bond motifs is 2. The van der Waals surface area contributed by atoms with Crippen LogP contribution < -0.4 is 5.73 Å². The van der Waals surface area contributed by atoms with Crippen molar-refractivity contribution in [3.8, 4) is 0 Å². The second kappa shape index (κ2) is 3.86. The molecule has 3 heterocycles. The highest BCUT2D eigenvalue weighted by molar-refractivity contribution is 5.81. The molecule has 3 fully saturated rings. The van der Waals surface area contributed by atoms with Gasteiger partial charge in [0, 0.05) is 19.1 Å². The molecule has 100 valence electrons. The van der Waals surface area contributed by atoms with E-state index in [1.165, 1.54) is 58.2 Å². The molecule has 4 heteroatoms. The number of piperidine rings is 1. The smallest absolute Gasteiger partial charge is 0.191 e. The van der Waals surface area contributed by atoms with E-state index in [0.29, 0.717) is 0 Å². The SMILES string of the molecule is NC1=NCC2(CCN3CCCCC32)N1CC1CC1. The van der Waals surface area contributed by atoms with Gasteiger partial charge in [-0.3, -0.25) is 9.89 Å².